The first-order valence-corrected chi connectivity index (χ1v) is 6.62. The zero-order chi connectivity index (χ0) is 14.4. The van der Waals surface area contributed by atoms with Crippen LogP contribution in [0.5, 0.6) is 0 Å². The Morgan fingerprint density at radius 1 is 1.53 bits per heavy atom. The first kappa shape index (κ1) is 15.4. The summed E-state index contributed by atoms with van der Waals surface area (Å²) in [5.74, 6) is -0.155. The summed E-state index contributed by atoms with van der Waals surface area (Å²) in [4.78, 5) is 18.2. The topological polar surface area (TPSA) is 71.2 Å². The van der Waals surface area contributed by atoms with Gasteiger partial charge in [0.25, 0.3) is 5.91 Å². The number of hydrogen-bond acceptors (Lipinski definition) is 4. The summed E-state index contributed by atoms with van der Waals surface area (Å²) < 4.78 is 0. The molecule has 0 aliphatic carbocycles. The van der Waals surface area contributed by atoms with Gasteiger partial charge in [0.1, 0.15) is 0 Å². The highest BCUT2D eigenvalue weighted by molar-refractivity contribution is 5.98. The molecule has 0 saturated heterocycles. The van der Waals surface area contributed by atoms with Gasteiger partial charge in [0.2, 0.25) is 0 Å². The van der Waals surface area contributed by atoms with Gasteiger partial charge in [0, 0.05) is 30.2 Å². The van der Waals surface area contributed by atoms with Crippen molar-refractivity contribution in [2.45, 2.75) is 33.2 Å². The Hall–Kier alpha value is -1.62. The van der Waals surface area contributed by atoms with Crippen molar-refractivity contribution in [1.82, 2.24) is 15.2 Å². The molecule has 0 aromatic carbocycles. The molecule has 0 spiro atoms. The molecule has 0 bridgehead atoms. The molecular weight excluding hydrogens is 240 g/mol. The first-order valence-electron chi connectivity index (χ1n) is 6.62. The van der Waals surface area contributed by atoms with Crippen molar-refractivity contribution in [3.8, 4) is 0 Å². The molecule has 1 rings (SSSR count). The summed E-state index contributed by atoms with van der Waals surface area (Å²) in [5, 5.41) is 2.87. The number of pyridine rings is 1. The van der Waals surface area contributed by atoms with E-state index in [2.05, 4.69) is 36.1 Å². The SMILES string of the molecule is Cc1cc(N)c(C(=O)NCCCN(C)C(C)C)cn1. The summed E-state index contributed by atoms with van der Waals surface area (Å²) in [6.07, 6.45) is 2.44. The van der Waals surface area contributed by atoms with Crippen molar-refractivity contribution < 1.29 is 4.79 Å². The van der Waals surface area contributed by atoms with Gasteiger partial charge in [0.15, 0.2) is 0 Å². The highest BCUT2D eigenvalue weighted by Gasteiger charge is 2.10. The first-order chi connectivity index (χ1) is 8.91. The number of aryl methyl sites for hydroxylation is 1. The molecule has 1 amide bonds. The van der Waals surface area contributed by atoms with Gasteiger partial charge in [-0.25, -0.2) is 0 Å². The van der Waals surface area contributed by atoms with E-state index in [1.165, 1.54) is 6.20 Å². The number of nitrogens with one attached hydrogen (secondary N) is 1. The zero-order valence-electron chi connectivity index (χ0n) is 12.2. The van der Waals surface area contributed by atoms with E-state index >= 15 is 0 Å². The van der Waals surface area contributed by atoms with E-state index in [1.807, 2.05) is 6.92 Å². The third-order valence-electron chi connectivity index (χ3n) is 3.17. The molecule has 0 aliphatic rings. The molecule has 0 saturated carbocycles. The van der Waals surface area contributed by atoms with Gasteiger partial charge >= 0.3 is 0 Å². The van der Waals surface area contributed by atoms with Gasteiger partial charge in [-0.15, -0.1) is 0 Å². The molecule has 106 valence electrons. The van der Waals surface area contributed by atoms with Gasteiger partial charge in [-0.2, -0.15) is 0 Å². The fourth-order valence-electron chi connectivity index (χ4n) is 1.65. The van der Waals surface area contributed by atoms with Gasteiger partial charge in [0.05, 0.1) is 5.56 Å². The number of nitrogens with two attached hydrogens (primary N) is 1. The van der Waals surface area contributed by atoms with E-state index in [0.29, 0.717) is 23.8 Å². The Balaban J connectivity index is 2.39. The van der Waals surface area contributed by atoms with Crippen LogP contribution >= 0.6 is 0 Å². The van der Waals surface area contributed by atoms with Crippen LogP contribution in [0.15, 0.2) is 12.3 Å². The van der Waals surface area contributed by atoms with Crippen molar-refractivity contribution in [3.63, 3.8) is 0 Å². The number of anilines is 1. The largest absolute Gasteiger partial charge is 0.398 e. The van der Waals surface area contributed by atoms with Crippen molar-refractivity contribution in [2.24, 2.45) is 0 Å². The minimum absolute atomic E-state index is 0.155. The van der Waals surface area contributed by atoms with Crippen molar-refractivity contribution in [1.29, 1.82) is 0 Å². The number of nitrogen functional groups attached to an aromatic ring is 1. The van der Waals surface area contributed by atoms with E-state index in [1.54, 1.807) is 6.07 Å². The Bertz CT molecular complexity index is 431. The molecule has 5 heteroatoms. The number of aromatic nitrogens is 1. The predicted molar refractivity (Wildman–Crippen MR) is 78.1 cm³/mol. The van der Waals surface area contributed by atoms with E-state index in [-0.39, 0.29) is 5.91 Å². The maximum Gasteiger partial charge on any atom is 0.254 e. The quantitative estimate of drug-likeness (QED) is 0.763. The Kier molecular flexibility index (Phi) is 5.76. The van der Waals surface area contributed by atoms with Crippen LogP contribution in [0, 0.1) is 6.92 Å². The van der Waals surface area contributed by atoms with E-state index in [9.17, 15) is 4.79 Å². The minimum atomic E-state index is -0.155. The van der Waals surface area contributed by atoms with Gasteiger partial charge in [-0.05, 0) is 46.9 Å². The van der Waals surface area contributed by atoms with Crippen LogP contribution < -0.4 is 11.1 Å². The maximum absolute atomic E-state index is 11.9. The molecule has 5 nitrogen and oxygen atoms in total. The third-order valence-corrected chi connectivity index (χ3v) is 3.17. The zero-order valence-corrected chi connectivity index (χ0v) is 12.2. The second-order valence-corrected chi connectivity index (χ2v) is 5.10. The van der Waals surface area contributed by atoms with Crippen LogP contribution in [0.2, 0.25) is 0 Å². The molecule has 0 aliphatic heterocycles. The van der Waals surface area contributed by atoms with Gasteiger partial charge < -0.3 is 16.0 Å². The number of nitrogens with zero attached hydrogens (tertiary/aromatic N) is 2. The summed E-state index contributed by atoms with van der Waals surface area (Å²) in [7, 11) is 2.08. The average molecular weight is 264 g/mol. The molecule has 0 fully saturated rings. The van der Waals surface area contributed by atoms with Crippen molar-refractivity contribution in [3.05, 3.63) is 23.5 Å². The normalized spacial score (nSPS) is 11.1. The maximum atomic E-state index is 11.9. The number of rotatable bonds is 6. The molecule has 19 heavy (non-hydrogen) atoms. The fourth-order valence-corrected chi connectivity index (χ4v) is 1.65. The van der Waals surface area contributed by atoms with Gasteiger partial charge in [-0.1, -0.05) is 0 Å². The van der Waals surface area contributed by atoms with Crippen molar-refractivity contribution in [2.75, 3.05) is 25.9 Å². The predicted octanol–water partition coefficient (Wildman–Crippen LogP) is 1.43. The lowest BCUT2D eigenvalue weighted by atomic mass is 10.2. The second-order valence-electron chi connectivity index (χ2n) is 5.10. The number of hydrogen-bond donors (Lipinski definition) is 2. The minimum Gasteiger partial charge on any atom is -0.398 e. The van der Waals surface area contributed by atoms with E-state index in [0.717, 1.165) is 18.7 Å². The monoisotopic (exact) mass is 264 g/mol. The Morgan fingerprint density at radius 2 is 2.21 bits per heavy atom. The van der Waals surface area contributed by atoms with Crippen LogP contribution in [0.4, 0.5) is 5.69 Å². The standard InChI is InChI=1S/C14H24N4O/c1-10(2)18(4)7-5-6-16-14(19)12-9-17-11(3)8-13(12)15/h8-10H,5-7H2,1-4H3,(H2,15,17)(H,16,19). The van der Waals surface area contributed by atoms with E-state index < -0.39 is 0 Å². The smallest absolute Gasteiger partial charge is 0.254 e. The molecule has 1 aromatic heterocycles. The lowest BCUT2D eigenvalue weighted by Gasteiger charge is -2.20. The molecule has 0 atom stereocenters. The molecule has 1 aromatic rings. The lowest BCUT2D eigenvalue weighted by Crippen LogP contribution is -2.31. The average Bonchev–Trinajstić information content (AvgIpc) is 2.33. The highest BCUT2D eigenvalue weighted by Crippen LogP contribution is 2.10. The number of amides is 1. The summed E-state index contributed by atoms with van der Waals surface area (Å²) in [6.45, 7) is 7.75. The molecule has 0 radical (unpaired) electrons. The number of carbonyl (C=O) groups is 1. The Morgan fingerprint density at radius 3 is 2.79 bits per heavy atom. The van der Waals surface area contributed by atoms with Gasteiger partial charge in [-0.3, -0.25) is 9.78 Å². The fraction of sp³-hybridized carbons (Fsp3) is 0.571. The third kappa shape index (κ3) is 4.87. The number of carbonyl (C=O) groups excluding carboxylic acids is 1. The second kappa shape index (κ2) is 7.09. The van der Waals surface area contributed by atoms with Crippen LogP contribution in [-0.2, 0) is 0 Å². The van der Waals surface area contributed by atoms with Crippen molar-refractivity contribution >= 4 is 11.6 Å². The Labute approximate surface area is 115 Å². The summed E-state index contributed by atoms with van der Waals surface area (Å²) in [6, 6.07) is 2.23. The van der Waals surface area contributed by atoms with Crippen LogP contribution in [-0.4, -0.2) is 42.0 Å². The highest BCUT2D eigenvalue weighted by atomic mass is 16.1. The van der Waals surface area contributed by atoms with Crippen LogP contribution in [0.25, 0.3) is 0 Å². The lowest BCUT2D eigenvalue weighted by molar-refractivity contribution is 0.0952. The molecule has 3 N–H and O–H groups in total. The molecule has 1 heterocycles. The molecule has 0 unspecified atom stereocenters. The summed E-state index contributed by atoms with van der Waals surface area (Å²) in [5.41, 5.74) is 7.54. The van der Waals surface area contributed by atoms with E-state index in [4.69, 9.17) is 5.73 Å². The summed E-state index contributed by atoms with van der Waals surface area (Å²) >= 11 is 0. The van der Waals surface area contributed by atoms with Crippen LogP contribution in [0.1, 0.15) is 36.3 Å². The van der Waals surface area contributed by atoms with Crippen LogP contribution in [0.3, 0.4) is 0 Å². The molecular formula is C14H24N4O.